The minimum Gasteiger partial charge on any atom is -0.428 e. The molecule has 0 spiro atoms. The highest BCUT2D eigenvalue weighted by Gasteiger charge is 2.18. The van der Waals surface area contributed by atoms with E-state index in [4.69, 9.17) is 4.42 Å². The topological polar surface area (TPSA) is 64.3 Å². The number of sulfone groups is 1. The van der Waals surface area contributed by atoms with Crippen molar-refractivity contribution in [2.45, 2.75) is 17.6 Å². The summed E-state index contributed by atoms with van der Waals surface area (Å²) in [5.41, 5.74) is 0.0560. The third kappa shape index (κ3) is 2.80. The summed E-state index contributed by atoms with van der Waals surface area (Å²) in [5, 5.41) is 1.88. The summed E-state index contributed by atoms with van der Waals surface area (Å²) in [6.45, 7) is 1.55. The van der Waals surface area contributed by atoms with Gasteiger partial charge in [-0.05, 0) is 29.3 Å². The van der Waals surface area contributed by atoms with Gasteiger partial charge in [0.05, 0.1) is 10.6 Å². The molecule has 4 nitrogen and oxygen atoms in total. The summed E-state index contributed by atoms with van der Waals surface area (Å²) < 4.78 is 30.0. The second-order valence-corrected chi connectivity index (χ2v) is 7.11. The second-order valence-electron chi connectivity index (χ2n) is 5.12. The number of aryl methyl sites for hydroxylation is 1. The van der Waals surface area contributed by atoms with Gasteiger partial charge in [0, 0.05) is 6.07 Å². The molecule has 0 aliphatic heterocycles. The van der Waals surface area contributed by atoms with Crippen LogP contribution in [0.3, 0.4) is 0 Å². The van der Waals surface area contributed by atoms with Gasteiger partial charge in [0.25, 0.3) is 0 Å². The lowest BCUT2D eigenvalue weighted by atomic mass is 10.1. The minimum atomic E-state index is -3.61. The monoisotopic (exact) mass is 314 g/mol. The maximum absolute atomic E-state index is 12.6. The molecular weight excluding hydrogens is 300 g/mol. The van der Waals surface area contributed by atoms with E-state index >= 15 is 0 Å². The van der Waals surface area contributed by atoms with Gasteiger partial charge in [-0.15, -0.1) is 0 Å². The quantitative estimate of drug-likeness (QED) is 0.745. The van der Waals surface area contributed by atoms with Crippen molar-refractivity contribution in [2.75, 3.05) is 0 Å². The number of fused-ring (bicyclic) bond motifs is 1. The van der Waals surface area contributed by atoms with Gasteiger partial charge >= 0.3 is 5.63 Å². The van der Waals surface area contributed by atoms with E-state index in [1.54, 1.807) is 13.0 Å². The van der Waals surface area contributed by atoms with Crippen molar-refractivity contribution in [3.05, 3.63) is 76.3 Å². The van der Waals surface area contributed by atoms with E-state index in [-0.39, 0.29) is 16.4 Å². The van der Waals surface area contributed by atoms with Crippen molar-refractivity contribution < 1.29 is 12.8 Å². The molecule has 3 rings (SSSR count). The van der Waals surface area contributed by atoms with E-state index in [1.165, 1.54) is 6.07 Å². The summed E-state index contributed by atoms with van der Waals surface area (Å²) in [6, 6.07) is 15.6. The third-order valence-electron chi connectivity index (χ3n) is 3.45. The molecule has 0 atom stereocenters. The molecule has 0 aliphatic carbocycles. The van der Waals surface area contributed by atoms with Crippen molar-refractivity contribution in [1.29, 1.82) is 0 Å². The van der Waals surface area contributed by atoms with Crippen molar-refractivity contribution in [1.82, 2.24) is 0 Å². The van der Waals surface area contributed by atoms with Gasteiger partial charge in [0.2, 0.25) is 0 Å². The lowest BCUT2D eigenvalue weighted by Gasteiger charge is -2.08. The van der Waals surface area contributed by atoms with E-state index in [2.05, 4.69) is 0 Å². The predicted octanol–water partition coefficient (Wildman–Crippen LogP) is 3.08. The molecule has 22 heavy (non-hydrogen) atoms. The Bertz CT molecular complexity index is 995. The molecule has 112 valence electrons. The van der Waals surface area contributed by atoms with E-state index < -0.39 is 15.5 Å². The fourth-order valence-corrected chi connectivity index (χ4v) is 3.91. The van der Waals surface area contributed by atoms with Crippen LogP contribution in [0.5, 0.6) is 0 Å². The Kier molecular flexibility index (Phi) is 3.58. The highest BCUT2D eigenvalue weighted by Crippen LogP contribution is 2.23. The first-order chi connectivity index (χ1) is 10.5. The maximum atomic E-state index is 12.6. The van der Waals surface area contributed by atoms with Gasteiger partial charge in [0.1, 0.15) is 5.76 Å². The van der Waals surface area contributed by atoms with E-state index in [9.17, 15) is 13.2 Å². The highest BCUT2D eigenvalue weighted by atomic mass is 32.2. The zero-order valence-corrected chi connectivity index (χ0v) is 12.8. The predicted molar refractivity (Wildman–Crippen MR) is 84.6 cm³/mol. The lowest BCUT2D eigenvalue weighted by molar-refractivity contribution is 0.473. The van der Waals surface area contributed by atoms with Crippen LogP contribution in [-0.2, 0) is 15.6 Å². The standard InChI is InChI=1S/C17H14O4S/c1-12-9-15(10-17(18)21-12)22(19,20)11-14-7-4-6-13-5-2-3-8-16(13)14/h2-10H,11H2,1H3. The number of hydrogen-bond acceptors (Lipinski definition) is 4. The van der Waals surface area contributed by atoms with Gasteiger partial charge in [-0.2, -0.15) is 0 Å². The highest BCUT2D eigenvalue weighted by molar-refractivity contribution is 7.90. The van der Waals surface area contributed by atoms with Crippen LogP contribution in [-0.4, -0.2) is 8.42 Å². The summed E-state index contributed by atoms with van der Waals surface area (Å²) >= 11 is 0. The first-order valence-corrected chi connectivity index (χ1v) is 8.42. The normalized spacial score (nSPS) is 11.7. The van der Waals surface area contributed by atoms with Gasteiger partial charge in [0.15, 0.2) is 9.84 Å². The Labute approximate surface area is 127 Å². The van der Waals surface area contributed by atoms with Gasteiger partial charge < -0.3 is 4.42 Å². The largest absolute Gasteiger partial charge is 0.428 e. The molecule has 0 N–H and O–H groups in total. The van der Waals surface area contributed by atoms with Crippen LogP contribution in [0.1, 0.15) is 11.3 Å². The molecule has 1 heterocycles. The summed E-state index contributed by atoms with van der Waals surface area (Å²) in [5.74, 6) is 0.126. The van der Waals surface area contributed by atoms with E-state index in [1.807, 2.05) is 36.4 Å². The van der Waals surface area contributed by atoms with Gasteiger partial charge in [-0.1, -0.05) is 42.5 Å². The van der Waals surface area contributed by atoms with Gasteiger partial charge in [-0.25, -0.2) is 13.2 Å². The number of rotatable bonds is 3. The van der Waals surface area contributed by atoms with Crippen LogP contribution in [0.15, 0.2) is 68.7 Å². The lowest BCUT2D eigenvalue weighted by Crippen LogP contribution is -2.09. The van der Waals surface area contributed by atoms with Crippen molar-refractivity contribution in [3.8, 4) is 0 Å². The fourth-order valence-electron chi connectivity index (χ4n) is 2.46. The minimum absolute atomic E-state index is 0.00539. The van der Waals surface area contributed by atoms with Crippen molar-refractivity contribution in [3.63, 3.8) is 0 Å². The van der Waals surface area contributed by atoms with Gasteiger partial charge in [-0.3, -0.25) is 0 Å². The summed E-state index contributed by atoms with van der Waals surface area (Å²) in [7, 11) is -3.61. The second kappa shape index (κ2) is 5.42. The van der Waals surface area contributed by atoms with Crippen LogP contribution >= 0.6 is 0 Å². The average molecular weight is 314 g/mol. The summed E-state index contributed by atoms with van der Waals surface area (Å²) in [4.78, 5) is 11.4. The molecule has 0 saturated carbocycles. The molecule has 0 amide bonds. The van der Waals surface area contributed by atoms with Crippen LogP contribution in [0.25, 0.3) is 10.8 Å². The molecule has 0 aliphatic rings. The molecule has 0 saturated heterocycles. The molecule has 1 aromatic heterocycles. The Morgan fingerprint density at radius 2 is 1.73 bits per heavy atom. The third-order valence-corrected chi connectivity index (χ3v) is 5.10. The molecule has 0 bridgehead atoms. The number of benzene rings is 2. The molecule has 2 aromatic carbocycles. The zero-order chi connectivity index (χ0) is 15.7. The molecule has 5 heteroatoms. The Balaban J connectivity index is 2.09. The van der Waals surface area contributed by atoms with Crippen molar-refractivity contribution >= 4 is 20.6 Å². The zero-order valence-electron chi connectivity index (χ0n) is 11.9. The smallest absolute Gasteiger partial charge is 0.337 e. The van der Waals surface area contributed by atoms with Crippen LogP contribution < -0.4 is 5.63 Å². The van der Waals surface area contributed by atoms with E-state index in [0.29, 0.717) is 5.56 Å². The molecule has 0 radical (unpaired) electrons. The maximum Gasteiger partial charge on any atom is 0.337 e. The van der Waals surface area contributed by atoms with E-state index in [0.717, 1.165) is 16.8 Å². The van der Waals surface area contributed by atoms with Crippen molar-refractivity contribution in [2.24, 2.45) is 0 Å². The van der Waals surface area contributed by atoms with Crippen LogP contribution in [0, 0.1) is 6.92 Å². The molecule has 3 aromatic rings. The Hall–Kier alpha value is -2.40. The molecular formula is C17H14O4S. The van der Waals surface area contributed by atoms with Crippen LogP contribution in [0.4, 0.5) is 0 Å². The summed E-state index contributed by atoms with van der Waals surface area (Å²) in [6.07, 6.45) is 0. The Morgan fingerprint density at radius 1 is 1.00 bits per heavy atom. The van der Waals surface area contributed by atoms with Crippen LogP contribution in [0.2, 0.25) is 0 Å². The SMILES string of the molecule is Cc1cc(S(=O)(=O)Cc2cccc3ccccc23)cc(=O)o1. The number of hydrogen-bond donors (Lipinski definition) is 0. The first-order valence-electron chi connectivity index (χ1n) is 6.77. The fraction of sp³-hybridized carbons (Fsp3) is 0.118. The Morgan fingerprint density at radius 3 is 2.50 bits per heavy atom. The molecule has 0 fully saturated rings. The average Bonchev–Trinajstić information content (AvgIpc) is 2.46. The first kappa shape index (κ1) is 14.5. The molecule has 0 unspecified atom stereocenters.